The minimum Gasteiger partial charge on any atom is -0.480 e. The molecular formula is C15H17N3O4. The third-order valence-corrected chi connectivity index (χ3v) is 3.83. The van der Waals surface area contributed by atoms with Crippen molar-refractivity contribution < 1.29 is 19.1 Å². The number of benzene rings is 1. The molecule has 2 heterocycles. The summed E-state index contributed by atoms with van der Waals surface area (Å²) in [6, 6.07) is 8.15. The molecule has 0 atom stereocenters. The Bertz CT molecular complexity index is 656. The molecule has 0 spiro atoms. The van der Waals surface area contributed by atoms with E-state index in [1.807, 2.05) is 29.2 Å². The largest absolute Gasteiger partial charge is 0.480 e. The number of nitrogens with zero attached hydrogens (tertiary/aromatic N) is 2. The number of anilines is 1. The smallest absolute Gasteiger partial charge is 0.322 e. The number of aromatic nitrogens is 1. The average Bonchev–Trinajstić information content (AvgIpc) is 2.96. The third kappa shape index (κ3) is 3.03. The number of oxazole rings is 1. The van der Waals surface area contributed by atoms with E-state index in [9.17, 15) is 9.59 Å². The van der Waals surface area contributed by atoms with Gasteiger partial charge in [0.05, 0.1) is 0 Å². The van der Waals surface area contributed by atoms with Crippen LogP contribution in [0.4, 0.5) is 6.01 Å². The van der Waals surface area contributed by atoms with E-state index < -0.39 is 5.97 Å². The van der Waals surface area contributed by atoms with Crippen LogP contribution in [0.2, 0.25) is 0 Å². The number of para-hydroxylation sites is 2. The second-order valence-electron chi connectivity index (χ2n) is 5.34. The summed E-state index contributed by atoms with van der Waals surface area (Å²) < 4.78 is 5.72. The summed E-state index contributed by atoms with van der Waals surface area (Å²) in [6.45, 7) is 1.00. The number of rotatable bonds is 4. The lowest BCUT2D eigenvalue weighted by molar-refractivity contribution is -0.138. The van der Waals surface area contributed by atoms with Crippen molar-refractivity contribution in [2.75, 3.05) is 24.5 Å². The molecule has 116 valence electrons. The number of carbonyl (C=O) groups is 2. The van der Waals surface area contributed by atoms with Crippen LogP contribution < -0.4 is 10.2 Å². The van der Waals surface area contributed by atoms with Crippen LogP contribution >= 0.6 is 0 Å². The standard InChI is InChI=1S/C15H17N3O4/c19-13(20)9-16-14(21)10-5-7-18(8-6-10)15-17-11-3-1-2-4-12(11)22-15/h1-4,10H,5-9H2,(H,16,21)(H,19,20). The van der Waals surface area contributed by atoms with Gasteiger partial charge in [0.25, 0.3) is 6.01 Å². The van der Waals surface area contributed by atoms with Gasteiger partial charge in [-0.3, -0.25) is 9.59 Å². The van der Waals surface area contributed by atoms with Crippen molar-refractivity contribution in [3.05, 3.63) is 24.3 Å². The van der Waals surface area contributed by atoms with Gasteiger partial charge in [0.2, 0.25) is 5.91 Å². The molecule has 0 saturated carbocycles. The highest BCUT2D eigenvalue weighted by atomic mass is 16.4. The first-order valence-corrected chi connectivity index (χ1v) is 7.23. The zero-order chi connectivity index (χ0) is 15.5. The first-order valence-electron chi connectivity index (χ1n) is 7.23. The molecule has 7 nitrogen and oxygen atoms in total. The van der Waals surface area contributed by atoms with Gasteiger partial charge in [-0.15, -0.1) is 0 Å². The maximum absolute atomic E-state index is 11.9. The normalized spacial score (nSPS) is 15.9. The van der Waals surface area contributed by atoms with E-state index in [2.05, 4.69) is 10.3 Å². The van der Waals surface area contributed by atoms with Gasteiger partial charge in [-0.2, -0.15) is 4.98 Å². The third-order valence-electron chi connectivity index (χ3n) is 3.83. The van der Waals surface area contributed by atoms with Gasteiger partial charge in [0, 0.05) is 19.0 Å². The number of hydrogen-bond donors (Lipinski definition) is 2. The Morgan fingerprint density at radius 3 is 2.73 bits per heavy atom. The predicted molar refractivity (Wildman–Crippen MR) is 79.6 cm³/mol. The van der Waals surface area contributed by atoms with Gasteiger partial charge < -0.3 is 19.7 Å². The van der Waals surface area contributed by atoms with Gasteiger partial charge in [-0.1, -0.05) is 12.1 Å². The lowest BCUT2D eigenvalue weighted by Gasteiger charge is -2.29. The number of hydrogen-bond acceptors (Lipinski definition) is 5. The summed E-state index contributed by atoms with van der Waals surface area (Å²) in [5.74, 6) is -1.38. The van der Waals surface area contributed by atoms with E-state index in [1.165, 1.54) is 0 Å². The highest BCUT2D eigenvalue weighted by molar-refractivity contribution is 5.83. The fourth-order valence-electron chi connectivity index (χ4n) is 2.64. The van der Waals surface area contributed by atoms with Gasteiger partial charge in [-0.25, -0.2) is 0 Å². The maximum Gasteiger partial charge on any atom is 0.322 e. The SMILES string of the molecule is O=C(O)CNC(=O)C1CCN(c2nc3ccccc3o2)CC1. The number of carboxylic acids is 1. The van der Waals surface area contributed by atoms with E-state index in [-0.39, 0.29) is 18.4 Å². The van der Waals surface area contributed by atoms with Crippen LogP contribution in [0.15, 0.2) is 28.7 Å². The molecule has 0 unspecified atom stereocenters. The van der Waals surface area contributed by atoms with Gasteiger partial charge in [0.15, 0.2) is 5.58 Å². The monoisotopic (exact) mass is 303 g/mol. The van der Waals surface area contributed by atoms with Crippen LogP contribution in [0.3, 0.4) is 0 Å². The van der Waals surface area contributed by atoms with Crippen molar-refractivity contribution in [3.8, 4) is 0 Å². The molecule has 1 aromatic heterocycles. The van der Waals surface area contributed by atoms with Gasteiger partial charge in [0.1, 0.15) is 12.1 Å². The number of carboxylic acid groups (broad SMARTS) is 1. The topological polar surface area (TPSA) is 95.7 Å². The molecule has 2 aromatic rings. The van der Waals surface area contributed by atoms with Crippen LogP contribution in [0.5, 0.6) is 0 Å². The molecule has 0 bridgehead atoms. The van der Waals surface area contributed by atoms with Gasteiger partial charge in [-0.05, 0) is 25.0 Å². The first-order chi connectivity index (χ1) is 10.6. The molecule has 1 aromatic carbocycles. The first kappa shape index (κ1) is 14.4. The molecule has 1 aliphatic heterocycles. The summed E-state index contributed by atoms with van der Waals surface area (Å²) >= 11 is 0. The summed E-state index contributed by atoms with van der Waals surface area (Å²) in [6.07, 6.45) is 1.31. The lowest BCUT2D eigenvalue weighted by atomic mass is 9.96. The number of fused-ring (bicyclic) bond motifs is 1. The second kappa shape index (κ2) is 6.05. The van der Waals surface area contributed by atoms with Crippen molar-refractivity contribution in [2.24, 2.45) is 5.92 Å². The average molecular weight is 303 g/mol. The Hall–Kier alpha value is -2.57. The minimum atomic E-state index is -1.03. The molecule has 3 rings (SSSR count). The Morgan fingerprint density at radius 2 is 2.05 bits per heavy atom. The Morgan fingerprint density at radius 1 is 1.32 bits per heavy atom. The molecule has 0 aliphatic carbocycles. The van der Waals surface area contributed by atoms with Crippen LogP contribution in [0.25, 0.3) is 11.1 Å². The summed E-state index contributed by atoms with van der Waals surface area (Å²) in [5, 5.41) is 11.0. The van der Waals surface area contributed by atoms with E-state index in [4.69, 9.17) is 9.52 Å². The molecular weight excluding hydrogens is 286 g/mol. The fourth-order valence-corrected chi connectivity index (χ4v) is 2.64. The second-order valence-corrected chi connectivity index (χ2v) is 5.34. The zero-order valence-corrected chi connectivity index (χ0v) is 12.0. The molecule has 1 aliphatic rings. The van der Waals surface area contributed by atoms with Crippen molar-refractivity contribution in [2.45, 2.75) is 12.8 Å². The number of piperidine rings is 1. The number of carbonyl (C=O) groups excluding carboxylic acids is 1. The van der Waals surface area contributed by atoms with E-state index in [1.54, 1.807) is 0 Å². The number of nitrogens with one attached hydrogen (secondary N) is 1. The lowest BCUT2D eigenvalue weighted by Crippen LogP contribution is -2.42. The Kier molecular flexibility index (Phi) is 3.95. The molecule has 0 radical (unpaired) electrons. The van der Waals surface area contributed by atoms with Crippen molar-refractivity contribution >= 4 is 29.0 Å². The van der Waals surface area contributed by atoms with E-state index in [0.717, 1.165) is 11.1 Å². The Balaban J connectivity index is 1.59. The number of amides is 1. The van der Waals surface area contributed by atoms with Crippen molar-refractivity contribution in [1.29, 1.82) is 0 Å². The molecule has 1 fully saturated rings. The van der Waals surface area contributed by atoms with Gasteiger partial charge >= 0.3 is 5.97 Å². The van der Waals surface area contributed by atoms with Crippen LogP contribution in [-0.2, 0) is 9.59 Å². The van der Waals surface area contributed by atoms with E-state index in [0.29, 0.717) is 31.9 Å². The maximum atomic E-state index is 11.9. The predicted octanol–water partition coefficient (Wildman–Crippen LogP) is 1.24. The molecule has 22 heavy (non-hydrogen) atoms. The number of aliphatic carboxylic acids is 1. The molecule has 2 N–H and O–H groups in total. The summed E-state index contributed by atoms with van der Waals surface area (Å²) in [5.41, 5.74) is 1.57. The fraction of sp³-hybridized carbons (Fsp3) is 0.400. The summed E-state index contributed by atoms with van der Waals surface area (Å²) in [7, 11) is 0. The highest BCUT2D eigenvalue weighted by Gasteiger charge is 2.27. The quantitative estimate of drug-likeness (QED) is 0.882. The van der Waals surface area contributed by atoms with Crippen molar-refractivity contribution in [3.63, 3.8) is 0 Å². The van der Waals surface area contributed by atoms with Crippen LogP contribution in [0, 0.1) is 5.92 Å². The molecule has 7 heteroatoms. The molecule has 1 amide bonds. The van der Waals surface area contributed by atoms with Crippen molar-refractivity contribution in [1.82, 2.24) is 10.3 Å². The highest BCUT2D eigenvalue weighted by Crippen LogP contribution is 2.26. The van der Waals surface area contributed by atoms with Crippen LogP contribution in [-0.4, -0.2) is 41.6 Å². The zero-order valence-electron chi connectivity index (χ0n) is 12.0. The Labute approximate surface area is 126 Å². The molecule has 1 saturated heterocycles. The minimum absolute atomic E-state index is 0.153. The summed E-state index contributed by atoms with van der Waals surface area (Å²) in [4.78, 5) is 28.8. The van der Waals surface area contributed by atoms with Crippen LogP contribution in [0.1, 0.15) is 12.8 Å². The van der Waals surface area contributed by atoms with E-state index >= 15 is 0 Å².